The van der Waals surface area contributed by atoms with Gasteiger partial charge in [-0.05, 0) is 81.7 Å². The maximum atomic E-state index is 15.1. The first-order valence-electron chi connectivity index (χ1n) is 13.9. The van der Waals surface area contributed by atoms with Crippen LogP contribution in [0.3, 0.4) is 0 Å². The second kappa shape index (κ2) is 8.74. The highest BCUT2D eigenvalue weighted by Gasteiger charge is 2.64. The Kier molecular flexibility index (Phi) is 5.94. The first kappa shape index (κ1) is 27.2. The van der Waals surface area contributed by atoms with Gasteiger partial charge in [-0.3, -0.25) is 4.79 Å². The van der Waals surface area contributed by atoms with Gasteiger partial charge in [-0.15, -0.1) is 10.2 Å². The molecule has 2 aromatic rings. The highest BCUT2D eigenvalue weighted by atomic mass is 19.4. The van der Waals surface area contributed by atoms with E-state index in [1.807, 2.05) is 26.1 Å². The number of aryl methyl sites for hydroxylation is 1. The zero-order valence-electron chi connectivity index (χ0n) is 23.3. The van der Waals surface area contributed by atoms with Crippen molar-refractivity contribution in [2.24, 2.45) is 12.5 Å². The molecule has 0 radical (unpaired) electrons. The van der Waals surface area contributed by atoms with Crippen molar-refractivity contribution >= 4 is 5.91 Å². The summed E-state index contributed by atoms with van der Waals surface area (Å²) in [6.45, 7) is 5.78. The summed E-state index contributed by atoms with van der Waals surface area (Å²) in [7, 11) is 1.83. The third-order valence-electron chi connectivity index (χ3n) is 9.80. The van der Waals surface area contributed by atoms with Crippen LogP contribution < -0.4 is 5.32 Å². The Labute approximate surface area is 231 Å². The lowest BCUT2D eigenvalue weighted by Gasteiger charge is -2.58. The number of nitrogens with one attached hydrogen (secondary N) is 1. The number of halogens is 4. The molecule has 0 spiro atoms. The number of hydrogen-bond donors (Lipinski definition) is 1. The number of fused-ring (bicyclic) bond motifs is 1. The molecule has 1 unspecified atom stereocenters. The van der Waals surface area contributed by atoms with Gasteiger partial charge >= 0.3 is 6.18 Å². The van der Waals surface area contributed by atoms with Gasteiger partial charge in [0.05, 0.1) is 12.1 Å². The van der Waals surface area contributed by atoms with E-state index in [2.05, 4.69) is 22.4 Å². The van der Waals surface area contributed by atoms with Crippen LogP contribution in [0.15, 0.2) is 42.4 Å². The molecule has 1 aliphatic heterocycles. The summed E-state index contributed by atoms with van der Waals surface area (Å²) in [5.41, 5.74) is -2.31. The first-order chi connectivity index (χ1) is 18.7. The monoisotopic (exact) mass is 557 g/mol. The van der Waals surface area contributed by atoms with Gasteiger partial charge in [-0.2, -0.15) is 13.2 Å². The normalized spacial score (nSPS) is 31.1. The Bertz CT molecular complexity index is 1430. The quantitative estimate of drug-likeness (QED) is 0.434. The van der Waals surface area contributed by atoms with Gasteiger partial charge < -0.3 is 14.8 Å². The van der Waals surface area contributed by atoms with Crippen LogP contribution in [-0.2, 0) is 31.7 Å². The predicted octanol–water partition coefficient (Wildman–Crippen LogP) is 6.13. The first-order valence-corrected chi connectivity index (χ1v) is 13.9. The highest BCUT2D eigenvalue weighted by molar-refractivity contribution is 6.00. The minimum atomic E-state index is -4.58. The van der Waals surface area contributed by atoms with E-state index in [0.717, 1.165) is 19.3 Å². The van der Waals surface area contributed by atoms with E-state index in [0.29, 0.717) is 23.5 Å². The van der Waals surface area contributed by atoms with Crippen molar-refractivity contribution in [2.75, 3.05) is 0 Å². The number of alkyl halides is 4. The van der Waals surface area contributed by atoms with E-state index >= 15 is 4.39 Å². The number of allylic oxidation sites excluding steroid dienone is 4. The van der Waals surface area contributed by atoms with E-state index in [-0.39, 0.29) is 42.6 Å². The van der Waals surface area contributed by atoms with Crippen LogP contribution in [-0.4, -0.2) is 36.8 Å². The SMILES string of the molecule is Cn1cnnc1[C@]1(C2(C)C=CC=C(N3Cc4c(cc(CNC5(C)CCC5)cc4C(F)(F)F)C3=O)C2)C[C@](C)(F)C1. The molecule has 10 heteroatoms. The van der Waals surface area contributed by atoms with E-state index in [1.165, 1.54) is 11.0 Å². The molecule has 1 atom stereocenters. The van der Waals surface area contributed by atoms with Gasteiger partial charge in [0.15, 0.2) is 0 Å². The van der Waals surface area contributed by atoms with E-state index in [9.17, 15) is 18.0 Å². The van der Waals surface area contributed by atoms with Crippen molar-refractivity contribution in [3.63, 3.8) is 0 Å². The number of hydrogen-bond acceptors (Lipinski definition) is 4. The molecule has 2 heterocycles. The molecule has 4 aliphatic rings. The molecule has 3 aliphatic carbocycles. The molecule has 6 nitrogen and oxygen atoms in total. The van der Waals surface area contributed by atoms with Crippen molar-refractivity contribution < 1.29 is 22.4 Å². The minimum Gasteiger partial charge on any atom is -0.320 e. The van der Waals surface area contributed by atoms with E-state index in [1.54, 1.807) is 30.0 Å². The minimum absolute atomic E-state index is 0.0104. The van der Waals surface area contributed by atoms with Crippen LogP contribution >= 0.6 is 0 Å². The second-order valence-corrected chi connectivity index (χ2v) is 13.1. The number of benzene rings is 1. The van der Waals surface area contributed by atoms with Crippen LogP contribution in [0.5, 0.6) is 0 Å². The lowest BCUT2D eigenvalue weighted by molar-refractivity contribution is -0.138. The largest absolute Gasteiger partial charge is 0.416 e. The predicted molar refractivity (Wildman–Crippen MR) is 142 cm³/mol. The molecule has 40 heavy (non-hydrogen) atoms. The fourth-order valence-electron chi connectivity index (χ4n) is 7.37. The van der Waals surface area contributed by atoms with Gasteiger partial charge in [0.1, 0.15) is 17.8 Å². The molecule has 1 N–H and O–H groups in total. The third-order valence-corrected chi connectivity index (χ3v) is 9.80. The number of carbonyl (C=O) groups excluding carboxylic acids is 1. The Hall–Kier alpha value is -3.01. The maximum absolute atomic E-state index is 15.1. The number of aromatic nitrogens is 3. The van der Waals surface area contributed by atoms with Crippen molar-refractivity contribution in [1.29, 1.82) is 0 Å². The van der Waals surface area contributed by atoms with Crippen molar-refractivity contribution in [2.45, 2.75) is 95.2 Å². The fourth-order valence-corrected chi connectivity index (χ4v) is 7.37. The summed E-state index contributed by atoms with van der Waals surface area (Å²) >= 11 is 0. The molecule has 0 saturated heterocycles. The molecule has 1 aromatic carbocycles. The van der Waals surface area contributed by atoms with Crippen molar-refractivity contribution in [3.8, 4) is 0 Å². The topological polar surface area (TPSA) is 63.1 Å². The summed E-state index contributed by atoms with van der Waals surface area (Å²) in [6.07, 6.45) is 6.54. The highest BCUT2D eigenvalue weighted by Crippen LogP contribution is 2.63. The molecule has 2 saturated carbocycles. The molecule has 2 fully saturated rings. The zero-order chi connectivity index (χ0) is 28.7. The Balaban J connectivity index is 1.31. The number of nitrogens with zero attached hydrogens (tertiary/aromatic N) is 4. The van der Waals surface area contributed by atoms with Gasteiger partial charge in [-0.1, -0.05) is 19.1 Å². The van der Waals surface area contributed by atoms with Gasteiger partial charge in [-0.25, -0.2) is 4.39 Å². The van der Waals surface area contributed by atoms with Crippen LogP contribution in [0.2, 0.25) is 0 Å². The second-order valence-electron chi connectivity index (χ2n) is 13.1. The smallest absolute Gasteiger partial charge is 0.320 e. The Morgan fingerprint density at radius 1 is 1.12 bits per heavy atom. The average molecular weight is 558 g/mol. The number of amides is 1. The summed E-state index contributed by atoms with van der Waals surface area (Å²) in [5, 5.41) is 11.8. The van der Waals surface area contributed by atoms with E-state index in [4.69, 9.17) is 0 Å². The van der Waals surface area contributed by atoms with Gasteiger partial charge in [0.2, 0.25) is 0 Å². The van der Waals surface area contributed by atoms with Crippen LogP contribution in [0.25, 0.3) is 0 Å². The molecular weight excluding hydrogens is 522 g/mol. The number of carbonyl (C=O) groups is 1. The lowest BCUT2D eigenvalue weighted by Crippen LogP contribution is -2.60. The van der Waals surface area contributed by atoms with Crippen molar-refractivity contribution in [3.05, 3.63) is 70.5 Å². The Morgan fingerprint density at radius 3 is 2.42 bits per heavy atom. The molecule has 6 rings (SSSR count). The average Bonchev–Trinajstić information content (AvgIpc) is 3.41. The van der Waals surface area contributed by atoms with Crippen LogP contribution in [0.1, 0.15) is 92.2 Å². The molecule has 1 aromatic heterocycles. The third kappa shape index (κ3) is 4.21. The Morgan fingerprint density at radius 2 is 1.85 bits per heavy atom. The molecule has 0 bridgehead atoms. The lowest BCUT2D eigenvalue weighted by atomic mass is 9.47. The molecular formula is C30H35F4N5O. The molecule has 214 valence electrons. The summed E-state index contributed by atoms with van der Waals surface area (Å²) in [4.78, 5) is 15.2. The van der Waals surface area contributed by atoms with Crippen molar-refractivity contribution in [1.82, 2.24) is 25.0 Å². The van der Waals surface area contributed by atoms with Crippen LogP contribution in [0, 0.1) is 5.41 Å². The summed E-state index contributed by atoms with van der Waals surface area (Å²) < 4.78 is 59.6. The maximum Gasteiger partial charge on any atom is 0.416 e. The number of rotatable bonds is 6. The summed E-state index contributed by atoms with van der Waals surface area (Å²) in [6, 6.07) is 2.80. The molecule has 1 amide bonds. The van der Waals surface area contributed by atoms with E-state index < -0.39 is 34.1 Å². The summed E-state index contributed by atoms with van der Waals surface area (Å²) in [5.74, 6) is 0.237. The zero-order valence-corrected chi connectivity index (χ0v) is 23.3. The standard InChI is InChI=1S/C30H35F4N5O/c1-26(29(16-27(2,31)17-29)25-37-36-18-38(25)4)8-5-7-20(13-26)39-15-22-21(24(39)40)11-19(12-23(22)30(32,33)34)14-35-28(3)9-6-10-28/h5,7-8,11-12,18,35H,6,9-10,13-17H2,1-4H3/t26?,27-,29-. The van der Waals surface area contributed by atoms with Gasteiger partial charge in [0.25, 0.3) is 5.91 Å². The van der Waals surface area contributed by atoms with Gasteiger partial charge in [0, 0.05) is 41.2 Å². The fraction of sp³-hybridized carbons (Fsp3) is 0.567. The van der Waals surface area contributed by atoms with Crippen LogP contribution in [0.4, 0.5) is 17.6 Å².